The Labute approximate surface area is 113 Å². The Balaban J connectivity index is 2.02. The van der Waals surface area contributed by atoms with Crippen molar-refractivity contribution in [3.63, 3.8) is 0 Å². The molecule has 1 atom stereocenters. The van der Waals surface area contributed by atoms with Crippen molar-refractivity contribution >= 4 is 11.7 Å². The van der Waals surface area contributed by atoms with Gasteiger partial charge in [-0.05, 0) is 25.5 Å². The zero-order valence-corrected chi connectivity index (χ0v) is 11.4. The summed E-state index contributed by atoms with van der Waals surface area (Å²) < 4.78 is 5.55. The van der Waals surface area contributed by atoms with E-state index >= 15 is 0 Å². The second-order valence-corrected chi connectivity index (χ2v) is 4.49. The van der Waals surface area contributed by atoms with Crippen LogP contribution < -0.4 is 5.32 Å². The molecule has 0 bridgehead atoms. The van der Waals surface area contributed by atoms with Crippen molar-refractivity contribution in [2.75, 3.05) is 31.6 Å². The topological polar surface area (TPSA) is 67.4 Å². The molecule has 6 nitrogen and oxygen atoms in total. The van der Waals surface area contributed by atoms with Crippen LogP contribution in [0, 0.1) is 0 Å². The fourth-order valence-electron chi connectivity index (χ4n) is 2.03. The Morgan fingerprint density at radius 3 is 2.95 bits per heavy atom. The summed E-state index contributed by atoms with van der Waals surface area (Å²) in [5.41, 5.74) is 0.387. The molecule has 1 fully saturated rings. The second-order valence-electron chi connectivity index (χ2n) is 4.49. The Morgan fingerprint density at radius 1 is 1.47 bits per heavy atom. The van der Waals surface area contributed by atoms with Crippen LogP contribution in [0.15, 0.2) is 12.1 Å². The predicted molar refractivity (Wildman–Crippen MR) is 72.1 cm³/mol. The van der Waals surface area contributed by atoms with Crippen molar-refractivity contribution in [1.29, 1.82) is 0 Å². The minimum Gasteiger partial charge on any atom is -0.375 e. The summed E-state index contributed by atoms with van der Waals surface area (Å²) in [6.45, 7) is 6.66. The highest BCUT2D eigenvalue weighted by atomic mass is 16.5. The number of amides is 1. The van der Waals surface area contributed by atoms with E-state index in [1.54, 1.807) is 17.0 Å². The molecule has 1 saturated heterocycles. The number of morpholine rings is 1. The summed E-state index contributed by atoms with van der Waals surface area (Å²) in [4.78, 5) is 14.1. The molecule has 0 spiro atoms. The number of hydrogen-bond acceptors (Lipinski definition) is 5. The van der Waals surface area contributed by atoms with Gasteiger partial charge in [0.2, 0.25) is 0 Å². The van der Waals surface area contributed by atoms with E-state index in [4.69, 9.17) is 4.74 Å². The van der Waals surface area contributed by atoms with Crippen molar-refractivity contribution in [2.24, 2.45) is 0 Å². The van der Waals surface area contributed by atoms with Crippen LogP contribution in [-0.4, -0.2) is 53.3 Å². The number of aromatic nitrogens is 2. The molecular weight excluding hydrogens is 244 g/mol. The van der Waals surface area contributed by atoms with Gasteiger partial charge >= 0.3 is 0 Å². The Kier molecular flexibility index (Phi) is 4.68. The normalized spacial score (nSPS) is 19.3. The SMILES string of the molecule is CCNc1ccc(C(=O)N2CCOC(CC)C2)nn1. The molecule has 1 aromatic heterocycles. The zero-order valence-electron chi connectivity index (χ0n) is 11.4. The van der Waals surface area contributed by atoms with Crippen LogP contribution in [0.4, 0.5) is 5.82 Å². The van der Waals surface area contributed by atoms with Gasteiger partial charge in [-0.1, -0.05) is 6.92 Å². The molecule has 2 heterocycles. The number of hydrogen-bond donors (Lipinski definition) is 1. The molecule has 104 valence electrons. The number of nitrogens with one attached hydrogen (secondary N) is 1. The fourth-order valence-corrected chi connectivity index (χ4v) is 2.03. The van der Waals surface area contributed by atoms with Crippen LogP contribution in [0.5, 0.6) is 0 Å². The number of nitrogens with zero attached hydrogens (tertiary/aromatic N) is 3. The first-order valence-corrected chi connectivity index (χ1v) is 6.73. The van der Waals surface area contributed by atoms with E-state index in [1.807, 2.05) is 6.92 Å². The lowest BCUT2D eigenvalue weighted by Crippen LogP contribution is -2.45. The molecule has 19 heavy (non-hydrogen) atoms. The van der Waals surface area contributed by atoms with Gasteiger partial charge in [0.15, 0.2) is 5.69 Å². The molecule has 0 saturated carbocycles. The summed E-state index contributed by atoms with van der Waals surface area (Å²) in [7, 11) is 0. The smallest absolute Gasteiger partial charge is 0.274 e. The average molecular weight is 264 g/mol. The maximum atomic E-state index is 12.3. The summed E-state index contributed by atoms with van der Waals surface area (Å²) in [5, 5.41) is 11.0. The van der Waals surface area contributed by atoms with Crippen molar-refractivity contribution in [2.45, 2.75) is 26.4 Å². The van der Waals surface area contributed by atoms with Crippen LogP contribution in [0.3, 0.4) is 0 Å². The van der Waals surface area contributed by atoms with Gasteiger partial charge in [-0.15, -0.1) is 10.2 Å². The number of ether oxygens (including phenoxy) is 1. The Hall–Kier alpha value is -1.69. The molecule has 1 aliphatic heterocycles. The zero-order chi connectivity index (χ0) is 13.7. The highest BCUT2D eigenvalue weighted by Crippen LogP contribution is 2.11. The van der Waals surface area contributed by atoms with Gasteiger partial charge in [0, 0.05) is 19.6 Å². The summed E-state index contributed by atoms with van der Waals surface area (Å²) >= 11 is 0. The minimum atomic E-state index is -0.0719. The minimum absolute atomic E-state index is 0.0719. The lowest BCUT2D eigenvalue weighted by atomic mass is 10.2. The fraction of sp³-hybridized carbons (Fsp3) is 0.615. The predicted octanol–water partition coefficient (Wildman–Crippen LogP) is 1.16. The number of anilines is 1. The van der Waals surface area contributed by atoms with Gasteiger partial charge in [-0.2, -0.15) is 0 Å². The first-order valence-electron chi connectivity index (χ1n) is 6.73. The van der Waals surface area contributed by atoms with E-state index in [9.17, 15) is 4.79 Å². The van der Waals surface area contributed by atoms with E-state index < -0.39 is 0 Å². The molecule has 1 aliphatic rings. The van der Waals surface area contributed by atoms with Gasteiger partial charge in [0.05, 0.1) is 12.7 Å². The van der Waals surface area contributed by atoms with Gasteiger partial charge < -0.3 is 15.0 Å². The van der Waals surface area contributed by atoms with E-state index in [0.717, 1.165) is 13.0 Å². The Bertz CT molecular complexity index is 421. The van der Waals surface area contributed by atoms with Crippen LogP contribution in [-0.2, 0) is 4.74 Å². The van der Waals surface area contributed by atoms with E-state index in [0.29, 0.717) is 31.2 Å². The van der Waals surface area contributed by atoms with Crippen LogP contribution in [0.25, 0.3) is 0 Å². The van der Waals surface area contributed by atoms with Crippen molar-refractivity contribution in [1.82, 2.24) is 15.1 Å². The van der Waals surface area contributed by atoms with Gasteiger partial charge in [0.1, 0.15) is 5.82 Å². The molecule has 0 aliphatic carbocycles. The van der Waals surface area contributed by atoms with Crippen molar-refractivity contribution < 1.29 is 9.53 Å². The number of rotatable bonds is 4. The third-order valence-electron chi connectivity index (χ3n) is 3.12. The first-order chi connectivity index (χ1) is 9.24. The summed E-state index contributed by atoms with van der Waals surface area (Å²) in [6.07, 6.45) is 1.04. The van der Waals surface area contributed by atoms with Crippen molar-refractivity contribution in [3.05, 3.63) is 17.8 Å². The first kappa shape index (κ1) is 13.7. The molecule has 1 amide bonds. The van der Waals surface area contributed by atoms with Crippen molar-refractivity contribution in [3.8, 4) is 0 Å². The summed E-state index contributed by atoms with van der Waals surface area (Å²) in [6, 6.07) is 3.49. The Morgan fingerprint density at radius 2 is 2.32 bits per heavy atom. The molecule has 1 aromatic rings. The summed E-state index contributed by atoms with van der Waals surface area (Å²) in [5.74, 6) is 0.616. The lowest BCUT2D eigenvalue weighted by molar-refractivity contribution is -0.0228. The second kappa shape index (κ2) is 6.47. The largest absolute Gasteiger partial charge is 0.375 e. The molecule has 2 rings (SSSR count). The highest BCUT2D eigenvalue weighted by Gasteiger charge is 2.24. The van der Waals surface area contributed by atoms with Gasteiger partial charge in [-0.3, -0.25) is 4.79 Å². The average Bonchev–Trinajstić information content (AvgIpc) is 2.48. The molecule has 1 N–H and O–H groups in total. The van der Waals surface area contributed by atoms with Crippen LogP contribution in [0.1, 0.15) is 30.8 Å². The molecule has 1 unspecified atom stereocenters. The molecular formula is C13H20N4O2. The van der Waals surface area contributed by atoms with Crippen LogP contribution >= 0.6 is 0 Å². The van der Waals surface area contributed by atoms with Gasteiger partial charge in [-0.25, -0.2) is 0 Å². The quantitative estimate of drug-likeness (QED) is 0.884. The number of carbonyl (C=O) groups is 1. The van der Waals surface area contributed by atoms with E-state index in [-0.39, 0.29) is 12.0 Å². The molecule has 6 heteroatoms. The monoisotopic (exact) mass is 264 g/mol. The molecule has 0 radical (unpaired) electrons. The van der Waals surface area contributed by atoms with E-state index in [2.05, 4.69) is 22.4 Å². The van der Waals surface area contributed by atoms with E-state index in [1.165, 1.54) is 0 Å². The lowest BCUT2D eigenvalue weighted by Gasteiger charge is -2.32. The van der Waals surface area contributed by atoms with Gasteiger partial charge in [0.25, 0.3) is 5.91 Å². The third-order valence-corrected chi connectivity index (χ3v) is 3.12. The maximum absolute atomic E-state index is 12.3. The highest BCUT2D eigenvalue weighted by molar-refractivity contribution is 5.92. The molecule has 0 aromatic carbocycles. The maximum Gasteiger partial charge on any atom is 0.274 e. The standard InChI is InChI=1S/C13H20N4O2/c1-3-10-9-17(7-8-19-10)13(18)11-5-6-12(14-4-2)16-15-11/h5-6,10H,3-4,7-9H2,1-2H3,(H,14,16). The number of carbonyl (C=O) groups excluding carboxylic acids is 1. The third kappa shape index (κ3) is 3.41. The van der Waals surface area contributed by atoms with Crippen LogP contribution in [0.2, 0.25) is 0 Å².